The molecule has 37 heavy (non-hydrogen) atoms. The molecule has 0 atom stereocenters. The Morgan fingerprint density at radius 3 is 2.32 bits per heavy atom. The van der Waals surface area contributed by atoms with E-state index in [1.165, 1.54) is 0 Å². The normalized spacial score (nSPS) is 17.1. The molecule has 0 unspecified atom stereocenters. The van der Waals surface area contributed by atoms with E-state index in [0.717, 1.165) is 48.1 Å². The lowest BCUT2D eigenvalue weighted by Gasteiger charge is -2.43. The zero-order valence-electron chi connectivity index (χ0n) is 20.1. The predicted octanol–water partition coefficient (Wildman–Crippen LogP) is 5.51. The first-order chi connectivity index (χ1) is 17.5. The fourth-order valence-corrected chi connectivity index (χ4v) is 5.61. The molecule has 8 nitrogen and oxygen atoms in total. The van der Waals surface area contributed by atoms with E-state index in [0.29, 0.717) is 24.4 Å². The second kappa shape index (κ2) is 9.99. The predicted molar refractivity (Wildman–Crippen MR) is 148 cm³/mol. The number of nitrogens with zero attached hydrogens (tertiary/aromatic N) is 3. The highest BCUT2D eigenvalue weighted by Gasteiger charge is 2.50. The number of nitrogens with one attached hydrogen (secondary N) is 1. The van der Waals surface area contributed by atoms with Gasteiger partial charge in [0.2, 0.25) is 5.91 Å². The van der Waals surface area contributed by atoms with Gasteiger partial charge in [0.15, 0.2) is 0 Å². The van der Waals surface area contributed by atoms with Gasteiger partial charge in [0.05, 0.1) is 6.67 Å². The van der Waals surface area contributed by atoms with Gasteiger partial charge in [-0.15, -0.1) is 17.0 Å². The molecule has 1 amide bonds. The molecule has 1 N–H and O–H groups in total. The molecule has 2 saturated heterocycles. The summed E-state index contributed by atoms with van der Waals surface area (Å²) in [5.74, 6) is -0.132. The third-order valence-corrected chi connectivity index (χ3v) is 7.46. The molecule has 2 fully saturated rings. The van der Waals surface area contributed by atoms with Crippen molar-refractivity contribution in [3.05, 3.63) is 94.5 Å². The highest BCUT2D eigenvalue weighted by Crippen LogP contribution is 2.41. The average Bonchev–Trinajstić information content (AvgIpc) is 3.44. The monoisotopic (exact) mass is 562 g/mol. The van der Waals surface area contributed by atoms with Gasteiger partial charge in [0.25, 0.3) is 0 Å². The fraction of sp³-hybridized carbons (Fsp3) is 0.250. The lowest BCUT2D eigenvalue weighted by Crippen LogP contribution is -2.56. The number of furan rings is 1. The Kier molecular flexibility index (Phi) is 6.74. The summed E-state index contributed by atoms with van der Waals surface area (Å²) in [7, 11) is 0. The van der Waals surface area contributed by atoms with Gasteiger partial charge in [-0.3, -0.25) is 19.8 Å². The van der Waals surface area contributed by atoms with Crippen LogP contribution in [0.25, 0.3) is 22.1 Å². The quantitative estimate of drug-likeness (QED) is 0.254. The third-order valence-electron chi connectivity index (χ3n) is 7.46. The smallest absolute Gasteiger partial charge is 0.400 e. The third kappa shape index (κ3) is 4.38. The van der Waals surface area contributed by atoms with Crippen molar-refractivity contribution in [2.24, 2.45) is 0 Å². The molecular formula is C28H27BrN4O4. The van der Waals surface area contributed by atoms with Crippen LogP contribution in [0.5, 0.6) is 0 Å². The molecule has 0 saturated carbocycles. The molecule has 3 heterocycles. The number of halogens is 1. The summed E-state index contributed by atoms with van der Waals surface area (Å²) in [5, 5.41) is 15.5. The number of amides is 1. The van der Waals surface area contributed by atoms with E-state index < -0.39 is 10.5 Å². The average molecular weight is 563 g/mol. The van der Waals surface area contributed by atoms with E-state index in [1.54, 1.807) is 0 Å². The van der Waals surface area contributed by atoms with E-state index in [-0.39, 0.29) is 28.8 Å². The van der Waals surface area contributed by atoms with Crippen LogP contribution < -0.4 is 10.2 Å². The highest BCUT2D eigenvalue weighted by atomic mass is 79.9. The van der Waals surface area contributed by atoms with Gasteiger partial charge >= 0.3 is 5.88 Å². The summed E-state index contributed by atoms with van der Waals surface area (Å²) in [6, 6.07) is 25.2. The Labute approximate surface area is 224 Å². The lowest BCUT2D eigenvalue weighted by molar-refractivity contribution is -0.400. The topological polar surface area (TPSA) is 91.9 Å². The minimum Gasteiger partial charge on any atom is -0.400 e. The Morgan fingerprint density at radius 1 is 0.973 bits per heavy atom. The Morgan fingerprint density at radius 2 is 1.65 bits per heavy atom. The van der Waals surface area contributed by atoms with Crippen LogP contribution in [0.1, 0.15) is 18.4 Å². The number of rotatable bonds is 5. The van der Waals surface area contributed by atoms with Crippen LogP contribution in [-0.4, -0.2) is 41.0 Å². The van der Waals surface area contributed by atoms with Gasteiger partial charge in [-0.05, 0) is 48.2 Å². The van der Waals surface area contributed by atoms with Crippen molar-refractivity contribution in [1.82, 2.24) is 10.2 Å². The van der Waals surface area contributed by atoms with Crippen LogP contribution in [0, 0.1) is 10.1 Å². The van der Waals surface area contributed by atoms with Gasteiger partial charge in [0, 0.05) is 30.7 Å². The van der Waals surface area contributed by atoms with Crippen molar-refractivity contribution < 1.29 is 14.1 Å². The van der Waals surface area contributed by atoms with Crippen LogP contribution in [-0.2, 0) is 11.3 Å². The minimum atomic E-state index is -0.520. The molecule has 3 aromatic carbocycles. The van der Waals surface area contributed by atoms with E-state index in [4.69, 9.17) is 4.42 Å². The summed E-state index contributed by atoms with van der Waals surface area (Å²) in [6.07, 6.45) is 1.48. The van der Waals surface area contributed by atoms with Crippen LogP contribution in [0.15, 0.2) is 83.3 Å². The number of hydrogen-bond acceptors (Lipinski definition) is 6. The van der Waals surface area contributed by atoms with Crippen molar-refractivity contribution >= 4 is 45.4 Å². The van der Waals surface area contributed by atoms with Crippen molar-refractivity contribution in [3.63, 3.8) is 0 Å². The fourth-order valence-electron chi connectivity index (χ4n) is 5.61. The van der Waals surface area contributed by atoms with E-state index >= 15 is 0 Å². The van der Waals surface area contributed by atoms with E-state index in [1.807, 2.05) is 66.7 Å². The molecule has 190 valence electrons. The molecule has 1 aromatic heterocycles. The highest BCUT2D eigenvalue weighted by molar-refractivity contribution is 8.93. The van der Waals surface area contributed by atoms with Crippen LogP contribution in [0.2, 0.25) is 0 Å². The zero-order chi connectivity index (χ0) is 24.7. The van der Waals surface area contributed by atoms with Crippen molar-refractivity contribution in [3.8, 4) is 11.1 Å². The standard InChI is InChI=1S/C28H26N4O4.BrH/c33-27-28(31(19-29-27)22-9-5-2-6-10-22)13-15-30(16-14-28)18-20-11-12-24-23(17-20)25(26(36-24)32(34)35)21-7-3-1-4-8-21;/h1-12,17H,13-16,18-19H2,(H,29,33);1H. The lowest BCUT2D eigenvalue weighted by atomic mass is 9.85. The van der Waals surface area contributed by atoms with Gasteiger partial charge in [-0.25, -0.2) is 0 Å². The maximum absolute atomic E-state index is 12.9. The molecular weight excluding hydrogens is 536 g/mol. The Bertz CT molecular complexity index is 1430. The summed E-state index contributed by atoms with van der Waals surface area (Å²) < 4.78 is 5.63. The van der Waals surface area contributed by atoms with E-state index in [9.17, 15) is 14.9 Å². The maximum atomic E-state index is 12.9. The van der Waals surface area contributed by atoms with Gasteiger partial charge in [-0.1, -0.05) is 54.6 Å². The maximum Gasteiger partial charge on any atom is 0.442 e. The second-order valence-electron chi connectivity index (χ2n) is 9.47. The molecule has 9 heteroatoms. The van der Waals surface area contributed by atoms with Gasteiger partial charge in [-0.2, -0.15) is 0 Å². The number of nitro groups is 1. The summed E-state index contributed by atoms with van der Waals surface area (Å²) in [4.78, 5) is 28.7. The SMILES string of the molecule is Br.O=C1NCN(c2ccccc2)C12CCN(Cc1ccc3oc([N+](=O)[O-])c(-c4ccccc4)c3c1)CC2. The Hall–Kier alpha value is -3.69. The first-order valence-corrected chi connectivity index (χ1v) is 12.1. The van der Waals surface area contributed by atoms with E-state index in [2.05, 4.69) is 27.2 Å². The molecule has 0 bridgehead atoms. The van der Waals surface area contributed by atoms with Crippen molar-refractivity contribution in [2.45, 2.75) is 24.9 Å². The van der Waals surface area contributed by atoms with Crippen LogP contribution >= 0.6 is 17.0 Å². The summed E-state index contributed by atoms with van der Waals surface area (Å²) in [6.45, 7) is 2.80. The second-order valence-corrected chi connectivity index (χ2v) is 9.47. The number of piperidine rings is 1. The van der Waals surface area contributed by atoms with Crippen LogP contribution in [0.4, 0.5) is 11.6 Å². The molecule has 2 aliphatic heterocycles. The number of hydrogen-bond donors (Lipinski definition) is 1. The van der Waals surface area contributed by atoms with Crippen LogP contribution in [0.3, 0.4) is 0 Å². The van der Waals surface area contributed by atoms with Gasteiger partial charge in [0.1, 0.15) is 21.6 Å². The minimum absolute atomic E-state index is 0. The number of carbonyl (C=O) groups is 1. The molecule has 0 aliphatic carbocycles. The number of anilines is 1. The van der Waals surface area contributed by atoms with Crippen molar-refractivity contribution in [2.75, 3.05) is 24.7 Å². The molecule has 0 radical (unpaired) electrons. The largest absolute Gasteiger partial charge is 0.442 e. The first-order valence-electron chi connectivity index (χ1n) is 12.1. The number of fused-ring (bicyclic) bond motifs is 1. The molecule has 4 aromatic rings. The molecule has 6 rings (SSSR count). The molecule has 2 aliphatic rings. The van der Waals surface area contributed by atoms with Crippen molar-refractivity contribution in [1.29, 1.82) is 0 Å². The zero-order valence-corrected chi connectivity index (χ0v) is 21.8. The number of carbonyl (C=O) groups excluding carboxylic acids is 1. The first kappa shape index (κ1) is 25.0. The number of para-hydroxylation sites is 1. The van der Waals surface area contributed by atoms with Gasteiger partial charge < -0.3 is 14.6 Å². The summed E-state index contributed by atoms with van der Waals surface area (Å²) >= 11 is 0. The number of likely N-dealkylation sites (tertiary alicyclic amines) is 1. The molecule has 1 spiro atoms. The Balaban J connectivity index is 0.00000280. The summed E-state index contributed by atoms with van der Waals surface area (Å²) in [5.41, 5.74) is 3.37. The number of benzene rings is 3.